The second-order valence-electron chi connectivity index (χ2n) is 5.59. The molecule has 0 saturated carbocycles. The topological polar surface area (TPSA) is 64.8 Å². The minimum absolute atomic E-state index is 0.193. The minimum Gasteiger partial charge on any atom is -0.293 e. The maximum absolute atomic E-state index is 12.9. The Balaban J connectivity index is 2.00. The number of ketones is 2. The van der Waals surface area contributed by atoms with E-state index in [9.17, 15) is 9.59 Å². The number of imidazole rings is 1. The van der Waals surface area contributed by atoms with Crippen LogP contribution in [0.4, 0.5) is 0 Å². The summed E-state index contributed by atoms with van der Waals surface area (Å²) >= 11 is 0. The van der Waals surface area contributed by atoms with Crippen molar-refractivity contribution in [2.24, 2.45) is 0 Å². The normalized spacial score (nSPS) is 13.0. The molecular weight excluding hydrogens is 290 g/mol. The molecule has 0 atom stereocenters. The van der Waals surface area contributed by atoms with Crippen LogP contribution in [-0.2, 0) is 0 Å². The Morgan fingerprint density at radius 2 is 1.65 bits per heavy atom. The number of aryl methyl sites for hydroxylation is 2. The summed E-state index contributed by atoms with van der Waals surface area (Å²) in [6.07, 6.45) is 1.52. The third-order valence-corrected chi connectivity index (χ3v) is 4.03. The molecular formula is C18H13N3O2. The lowest BCUT2D eigenvalue weighted by Gasteiger charge is -2.15. The molecule has 4 rings (SSSR count). The maximum atomic E-state index is 12.9. The number of carbonyl (C=O) groups excluding carboxylic acids is 2. The van der Waals surface area contributed by atoms with E-state index in [4.69, 9.17) is 0 Å². The second kappa shape index (κ2) is 4.71. The molecule has 112 valence electrons. The van der Waals surface area contributed by atoms with Gasteiger partial charge in [0.1, 0.15) is 22.9 Å². The van der Waals surface area contributed by atoms with Crippen molar-refractivity contribution in [2.45, 2.75) is 13.8 Å². The number of aromatic nitrogens is 3. The number of fused-ring (bicyclic) bond motifs is 2. The van der Waals surface area contributed by atoms with E-state index in [1.807, 2.05) is 31.2 Å². The van der Waals surface area contributed by atoms with E-state index in [1.165, 1.54) is 6.20 Å². The highest BCUT2D eigenvalue weighted by Crippen LogP contribution is 2.28. The number of hydrogen-bond acceptors (Lipinski definition) is 4. The third-order valence-electron chi connectivity index (χ3n) is 4.03. The van der Waals surface area contributed by atoms with Gasteiger partial charge >= 0.3 is 0 Å². The van der Waals surface area contributed by atoms with Gasteiger partial charge in [0.05, 0.1) is 5.56 Å². The molecule has 0 aliphatic heterocycles. The van der Waals surface area contributed by atoms with Gasteiger partial charge in [-0.15, -0.1) is 0 Å². The molecule has 1 aromatic carbocycles. The van der Waals surface area contributed by atoms with Crippen molar-refractivity contribution in [2.75, 3.05) is 0 Å². The molecule has 0 spiro atoms. The van der Waals surface area contributed by atoms with Gasteiger partial charge in [-0.2, -0.15) is 0 Å². The Morgan fingerprint density at radius 3 is 2.39 bits per heavy atom. The smallest absolute Gasteiger partial charge is 0.231 e. The highest BCUT2D eigenvalue weighted by molar-refractivity contribution is 6.26. The molecule has 0 radical (unpaired) electrons. The van der Waals surface area contributed by atoms with E-state index < -0.39 is 0 Å². The summed E-state index contributed by atoms with van der Waals surface area (Å²) in [5, 5.41) is 0. The van der Waals surface area contributed by atoms with Crippen molar-refractivity contribution in [1.29, 1.82) is 0 Å². The van der Waals surface area contributed by atoms with Crippen LogP contribution in [-0.4, -0.2) is 26.1 Å². The molecule has 5 heteroatoms. The predicted molar refractivity (Wildman–Crippen MR) is 84.1 cm³/mol. The summed E-state index contributed by atoms with van der Waals surface area (Å²) in [6.45, 7) is 3.78. The van der Waals surface area contributed by atoms with Crippen LogP contribution in [0, 0.1) is 13.8 Å². The average Bonchev–Trinajstić information content (AvgIpc) is 2.91. The first-order valence-corrected chi connectivity index (χ1v) is 7.28. The Kier molecular flexibility index (Phi) is 2.78. The number of carbonyl (C=O) groups is 2. The van der Waals surface area contributed by atoms with Gasteiger partial charge in [-0.25, -0.2) is 4.98 Å². The van der Waals surface area contributed by atoms with Gasteiger partial charge in [0.25, 0.3) is 0 Å². The molecule has 0 fully saturated rings. The van der Waals surface area contributed by atoms with Crippen molar-refractivity contribution in [3.05, 3.63) is 76.6 Å². The molecule has 1 aliphatic carbocycles. The van der Waals surface area contributed by atoms with Crippen molar-refractivity contribution in [3.63, 3.8) is 0 Å². The van der Waals surface area contributed by atoms with Crippen LogP contribution in [0.15, 0.2) is 42.6 Å². The molecule has 0 unspecified atom stereocenters. The first-order chi connectivity index (χ1) is 11.1. The van der Waals surface area contributed by atoms with Crippen LogP contribution in [0.1, 0.15) is 43.6 Å². The van der Waals surface area contributed by atoms with E-state index in [1.54, 1.807) is 23.6 Å². The number of benzene rings is 1. The van der Waals surface area contributed by atoms with Crippen LogP contribution >= 0.6 is 0 Å². The molecule has 1 aliphatic rings. The Labute approximate surface area is 132 Å². The molecule has 5 nitrogen and oxygen atoms in total. The van der Waals surface area contributed by atoms with Crippen LogP contribution in [0.5, 0.6) is 0 Å². The van der Waals surface area contributed by atoms with Crippen LogP contribution in [0.2, 0.25) is 0 Å². The molecule has 0 N–H and O–H groups in total. The third kappa shape index (κ3) is 1.86. The van der Waals surface area contributed by atoms with Gasteiger partial charge in [-0.05, 0) is 38.1 Å². The predicted octanol–water partition coefficient (Wildman–Crippen LogP) is 2.66. The number of rotatable bonds is 1. The average molecular weight is 303 g/mol. The highest BCUT2D eigenvalue weighted by Gasteiger charge is 2.36. The summed E-state index contributed by atoms with van der Waals surface area (Å²) in [6, 6.07) is 11.0. The zero-order chi connectivity index (χ0) is 16.1. The Morgan fingerprint density at radius 1 is 0.913 bits per heavy atom. The summed E-state index contributed by atoms with van der Waals surface area (Å²) in [5.74, 6) is 0.0846. The van der Waals surface area contributed by atoms with Crippen molar-refractivity contribution in [3.8, 4) is 5.69 Å². The highest BCUT2D eigenvalue weighted by atomic mass is 16.1. The number of hydrogen-bond donors (Lipinski definition) is 0. The van der Waals surface area contributed by atoms with E-state index in [-0.39, 0.29) is 23.0 Å². The molecule has 0 saturated heterocycles. The quantitative estimate of drug-likeness (QED) is 0.542. The first kappa shape index (κ1) is 13.6. The van der Waals surface area contributed by atoms with Gasteiger partial charge in [0.2, 0.25) is 11.6 Å². The first-order valence-electron chi connectivity index (χ1n) is 7.28. The molecule has 0 amide bonds. The summed E-state index contributed by atoms with van der Waals surface area (Å²) in [4.78, 5) is 33.9. The van der Waals surface area contributed by atoms with E-state index in [0.717, 1.165) is 11.3 Å². The fourth-order valence-electron chi connectivity index (χ4n) is 2.92. The number of pyridine rings is 1. The van der Waals surface area contributed by atoms with Crippen molar-refractivity contribution < 1.29 is 9.59 Å². The zero-order valence-electron chi connectivity index (χ0n) is 12.7. The largest absolute Gasteiger partial charge is 0.293 e. The molecule has 23 heavy (non-hydrogen) atoms. The maximum Gasteiger partial charge on any atom is 0.231 e. The monoisotopic (exact) mass is 303 g/mol. The van der Waals surface area contributed by atoms with Gasteiger partial charge in [0.15, 0.2) is 0 Å². The van der Waals surface area contributed by atoms with Crippen LogP contribution in [0.3, 0.4) is 0 Å². The standard InChI is InChI=1S/C18H13N3O2/c1-10-5-7-12(8-6-10)21-11(2)20-15-16(21)18(23)14-13(17(15)22)4-3-9-19-14/h3-9H,1-2H3. The fourth-order valence-corrected chi connectivity index (χ4v) is 2.92. The Bertz CT molecular complexity index is 968. The van der Waals surface area contributed by atoms with Gasteiger partial charge in [0, 0.05) is 11.9 Å². The van der Waals surface area contributed by atoms with Crippen molar-refractivity contribution in [1.82, 2.24) is 14.5 Å². The van der Waals surface area contributed by atoms with Crippen LogP contribution < -0.4 is 0 Å². The second-order valence-corrected chi connectivity index (χ2v) is 5.59. The van der Waals surface area contributed by atoms with Gasteiger partial charge in [-0.3, -0.25) is 19.1 Å². The van der Waals surface area contributed by atoms with Crippen molar-refractivity contribution >= 4 is 11.6 Å². The van der Waals surface area contributed by atoms with E-state index in [0.29, 0.717) is 17.1 Å². The van der Waals surface area contributed by atoms with Crippen LogP contribution in [0.25, 0.3) is 5.69 Å². The molecule has 2 heterocycles. The lowest BCUT2D eigenvalue weighted by Crippen LogP contribution is -2.24. The van der Waals surface area contributed by atoms with E-state index >= 15 is 0 Å². The fraction of sp³-hybridized carbons (Fsp3) is 0.111. The Hall–Kier alpha value is -3.08. The molecule has 0 bridgehead atoms. The summed E-state index contributed by atoms with van der Waals surface area (Å²) in [5.41, 5.74) is 2.94. The van der Waals surface area contributed by atoms with Gasteiger partial charge in [-0.1, -0.05) is 17.7 Å². The minimum atomic E-state index is -0.267. The summed E-state index contributed by atoms with van der Waals surface area (Å²) in [7, 11) is 0. The lowest BCUT2D eigenvalue weighted by atomic mass is 9.94. The van der Waals surface area contributed by atoms with Gasteiger partial charge < -0.3 is 0 Å². The molecule has 2 aromatic heterocycles. The summed E-state index contributed by atoms with van der Waals surface area (Å²) < 4.78 is 1.73. The number of nitrogens with zero attached hydrogens (tertiary/aromatic N) is 3. The van der Waals surface area contributed by atoms with E-state index in [2.05, 4.69) is 9.97 Å². The zero-order valence-corrected chi connectivity index (χ0v) is 12.7. The molecule has 3 aromatic rings. The SMILES string of the molecule is Cc1ccc(-n2c(C)nc3c2C(=O)c2ncccc2C3=O)cc1. The lowest BCUT2D eigenvalue weighted by molar-refractivity contribution is 0.0969.